The lowest BCUT2D eigenvalue weighted by Gasteiger charge is -2.07. The quantitative estimate of drug-likeness (QED) is 0.277. The number of hydrogen-bond acceptors (Lipinski definition) is 5. The summed E-state index contributed by atoms with van der Waals surface area (Å²) in [5.41, 5.74) is 17.3. The average Bonchev–Trinajstić information content (AvgIpc) is 3.13. The van der Waals surface area contributed by atoms with Crippen molar-refractivity contribution in [3.63, 3.8) is 0 Å². The summed E-state index contributed by atoms with van der Waals surface area (Å²) in [6.07, 6.45) is 0. The molecule has 0 atom stereocenters. The summed E-state index contributed by atoms with van der Waals surface area (Å²) in [6, 6.07) is 21.2. The highest BCUT2D eigenvalue weighted by Crippen LogP contribution is 2.37. The van der Waals surface area contributed by atoms with Gasteiger partial charge in [-0.1, -0.05) is 36.4 Å². The molecule has 0 bridgehead atoms. The predicted molar refractivity (Wildman–Crippen MR) is 110 cm³/mol. The van der Waals surface area contributed by atoms with Crippen molar-refractivity contribution >= 4 is 17.1 Å². The van der Waals surface area contributed by atoms with Gasteiger partial charge in [0, 0.05) is 40.2 Å². The molecule has 0 fully saturated rings. The number of imidazole rings is 1. The first-order valence-electron chi connectivity index (χ1n) is 8.59. The van der Waals surface area contributed by atoms with Gasteiger partial charge in [0.1, 0.15) is 5.82 Å². The molecule has 138 valence electrons. The second-order valence-electron chi connectivity index (χ2n) is 6.29. The Morgan fingerprint density at radius 3 is 1.96 bits per heavy atom. The maximum absolute atomic E-state index is 10.9. The van der Waals surface area contributed by atoms with E-state index in [4.69, 9.17) is 16.5 Å². The van der Waals surface area contributed by atoms with Crippen molar-refractivity contribution in [2.45, 2.75) is 0 Å². The van der Waals surface area contributed by atoms with Crippen molar-refractivity contribution in [2.24, 2.45) is 0 Å². The minimum atomic E-state index is -0.432. The Labute approximate surface area is 160 Å². The minimum absolute atomic E-state index is 0.0235. The molecule has 7 heteroatoms. The van der Waals surface area contributed by atoms with Gasteiger partial charge in [0.25, 0.3) is 5.69 Å². The number of aromatic amines is 1. The molecule has 4 rings (SSSR count). The van der Waals surface area contributed by atoms with Gasteiger partial charge in [-0.2, -0.15) is 0 Å². The maximum atomic E-state index is 10.9. The third-order valence-corrected chi connectivity index (χ3v) is 4.50. The number of nitrogens with two attached hydrogens (primary N) is 2. The smallest absolute Gasteiger partial charge is 0.269 e. The molecule has 0 saturated carbocycles. The van der Waals surface area contributed by atoms with Crippen LogP contribution in [0.3, 0.4) is 0 Å². The maximum Gasteiger partial charge on any atom is 0.269 e. The Hall–Kier alpha value is -4.13. The number of rotatable bonds is 4. The highest BCUT2D eigenvalue weighted by Gasteiger charge is 2.18. The van der Waals surface area contributed by atoms with Crippen LogP contribution in [-0.4, -0.2) is 14.9 Å². The van der Waals surface area contributed by atoms with Gasteiger partial charge in [-0.15, -0.1) is 0 Å². The summed E-state index contributed by atoms with van der Waals surface area (Å²) in [7, 11) is 0. The van der Waals surface area contributed by atoms with E-state index in [9.17, 15) is 10.1 Å². The molecule has 3 aromatic carbocycles. The topological polar surface area (TPSA) is 124 Å². The fourth-order valence-corrected chi connectivity index (χ4v) is 3.08. The van der Waals surface area contributed by atoms with Gasteiger partial charge in [-0.05, 0) is 24.3 Å². The zero-order chi connectivity index (χ0) is 19.7. The van der Waals surface area contributed by atoms with Crippen molar-refractivity contribution in [2.75, 3.05) is 11.5 Å². The normalized spacial score (nSPS) is 10.7. The van der Waals surface area contributed by atoms with Gasteiger partial charge in [-0.25, -0.2) is 4.98 Å². The van der Waals surface area contributed by atoms with E-state index in [2.05, 4.69) is 4.98 Å². The molecule has 0 saturated heterocycles. The Bertz CT molecular complexity index is 1100. The summed E-state index contributed by atoms with van der Waals surface area (Å²) >= 11 is 0. The molecule has 1 heterocycles. The lowest BCUT2D eigenvalue weighted by atomic mass is 10.0. The van der Waals surface area contributed by atoms with E-state index >= 15 is 0 Å². The van der Waals surface area contributed by atoms with Gasteiger partial charge in [0.15, 0.2) is 0 Å². The molecule has 0 radical (unpaired) electrons. The number of nitrogens with one attached hydrogen (secondary N) is 1. The standard InChI is InChI=1S/C21H17N5O2/c22-17-7-3-1-5-15(17)19-20(16-6-2-4-8-18(16)23)25-21(24-19)13-9-11-14(12-10-13)26(27)28/h1-12H,22-23H2,(H,24,25). The van der Waals surface area contributed by atoms with Crippen LogP contribution < -0.4 is 11.5 Å². The highest BCUT2D eigenvalue weighted by molar-refractivity contribution is 5.89. The molecular formula is C21H17N5O2. The number of benzene rings is 3. The molecular weight excluding hydrogens is 354 g/mol. The third-order valence-electron chi connectivity index (χ3n) is 4.50. The first-order valence-corrected chi connectivity index (χ1v) is 8.59. The molecule has 0 amide bonds. The van der Waals surface area contributed by atoms with Crippen LogP contribution in [-0.2, 0) is 0 Å². The van der Waals surface area contributed by atoms with Crippen molar-refractivity contribution in [1.82, 2.24) is 9.97 Å². The van der Waals surface area contributed by atoms with E-state index in [1.807, 2.05) is 48.5 Å². The lowest BCUT2D eigenvalue weighted by molar-refractivity contribution is -0.384. The Balaban J connectivity index is 1.91. The number of hydrogen-bond donors (Lipinski definition) is 3. The molecule has 0 unspecified atom stereocenters. The molecule has 0 aliphatic heterocycles. The Morgan fingerprint density at radius 2 is 1.39 bits per heavy atom. The molecule has 0 spiro atoms. The van der Waals surface area contributed by atoms with Gasteiger partial charge in [-0.3, -0.25) is 10.1 Å². The van der Waals surface area contributed by atoms with E-state index in [-0.39, 0.29) is 5.69 Å². The van der Waals surface area contributed by atoms with E-state index < -0.39 is 4.92 Å². The van der Waals surface area contributed by atoms with Crippen LogP contribution in [0.15, 0.2) is 72.8 Å². The summed E-state index contributed by atoms with van der Waals surface area (Å²) in [6.45, 7) is 0. The zero-order valence-electron chi connectivity index (χ0n) is 14.8. The van der Waals surface area contributed by atoms with Gasteiger partial charge in [0.05, 0.1) is 16.3 Å². The molecule has 28 heavy (non-hydrogen) atoms. The van der Waals surface area contributed by atoms with E-state index in [1.165, 1.54) is 12.1 Å². The highest BCUT2D eigenvalue weighted by atomic mass is 16.6. The summed E-state index contributed by atoms with van der Waals surface area (Å²) in [4.78, 5) is 18.5. The van der Waals surface area contributed by atoms with E-state index in [0.717, 1.165) is 22.4 Å². The lowest BCUT2D eigenvalue weighted by Crippen LogP contribution is -1.94. The van der Waals surface area contributed by atoms with Crippen LogP contribution >= 0.6 is 0 Å². The second-order valence-corrected chi connectivity index (χ2v) is 6.29. The number of nitrogen functional groups attached to an aromatic ring is 2. The van der Waals surface area contributed by atoms with Crippen molar-refractivity contribution < 1.29 is 4.92 Å². The van der Waals surface area contributed by atoms with Crippen LogP contribution in [0.25, 0.3) is 33.9 Å². The molecule has 5 N–H and O–H groups in total. The monoisotopic (exact) mass is 371 g/mol. The van der Waals surface area contributed by atoms with Crippen LogP contribution in [0, 0.1) is 10.1 Å². The molecule has 1 aromatic heterocycles. The summed E-state index contributed by atoms with van der Waals surface area (Å²) < 4.78 is 0. The number of nitro groups is 1. The SMILES string of the molecule is Nc1ccccc1-c1nc(-c2ccc([N+](=O)[O-])cc2)[nH]c1-c1ccccc1N. The Morgan fingerprint density at radius 1 is 0.821 bits per heavy atom. The zero-order valence-corrected chi connectivity index (χ0v) is 14.8. The van der Waals surface area contributed by atoms with Crippen LogP contribution in [0.5, 0.6) is 0 Å². The number of anilines is 2. The van der Waals surface area contributed by atoms with Crippen molar-refractivity contribution in [3.8, 4) is 33.9 Å². The van der Waals surface area contributed by atoms with Crippen LogP contribution in [0.1, 0.15) is 0 Å². The number of H-pyrrole nitrogens is 1. The summed E-state index contributed by atoms with van der Waals surface area (Å²) in [5, 5.41) is 10.9. The molecule has 0 aliphatic carbocycles. The van der Waals surface area contributed by atoms with Crippen molar-refractivity contribution in [1.29, 1.82) is 0 Å². The predicted octanol–water partition coefficient (Wildman–Crippen LogP) is 4.48. The van der Waals surface area contributed by atoms with E-state index in [1.54, 1.807) is 12.1 Å². The first-order chi connectivity index (χ1) is 13.5. The Kier molecular flexibility index (Phi) is 4.25. The molecule has 7 nitrogen and oxygen atoms in total. The van der Waals surface area contributed by atoms with Crippen LogP contribution in [0.2, 0.25) is 0 Å². The van der Waals surface area contributed by atoms with Gasteiger partial charge in [0.2, 0.25) is 0 Å². The van der Waals surface area contributed by atoms with Crippen molar-refractivity contribution in [3.05, 3.63) is 82.9 Å². The number of aromatic nitrogens is 2. The van der Waals surface area contributed by atoms with Crippen LogP contribution in [0.4, 0.5) is 17.1 Å². The first kappa shape index (κ1) is 17.3. The molecule has 4 aromatic rings. The van der Waals surface area contributed by atoms with Gasteiger partial charge >= 0.3 is 0 Å². The molecule has 0 aliphatic rings. The number of non-ortho nitro benzene ring substituents is 1. The average molecular weight is 371 g/mol. The second kappa shape index (κ2) is 6.88. The number of nitro benzene ring substituents is 1. The minimum Gasteiger partial charge on any atom is -0.398 e. The van der Waals surface area contributed by atoms with E-state index in [0.29, 0.717) is 22.9 Å². The van der Waals surface area contributed by atoms with Gasteiger partial charge < -0.3 is 16.5 Å². The fourth-order valence-electron chi connectivity index (χ4n) is 3.08. The summed E-state index contributed by atoms with van der Waals surface area (Å²) in [5.74, 6) is 0.575. The largest absolute Gasteiger partial charge is 0.398 e. The number of para-hydroxylation sites is 2. The fraction of sp³-hybridized carbons (Fsp3) is 0. The third kappa shape index (κ3) is 3.05. The number of nitrogens with zero attached hydrogens (tertiary/aromatic N) is 2.